The molecule has 5 heteroatoms. The summed E-state index contributed by atoms with van der Waals surface area (Å²) in [5.41, 5.74) is 10.6. The second-order valence-corrected chi connectivity index (χ2v) is 5.84. The fourth-order valence-electron chi connectivity index (χ4n) is 2.64. The van der Waals surface area contributed by atoms with Gasteiger partial charge in [0.05, 0.1) is 22.3 Å². The summed E-state index contributed by atoms with van der Waals surface area (Å²) >= 11 is 12.1. The maximum Gasteiger partial charge on any atom is 0.0663 e. The Labute approximate surface area is 136 Å². The third-order valence-corrected chi connectivity index (χ3v) is 4.37. The fraction of sp³-hybridized carbons (Fsp3) is 0.438. The van der Waals surface area contributed by atoms with Gasteiger partial charge in [-0.15, -0.1) is 0 Å². The van der Waals surface area contributed by atoms with Crippen molar-refractivity contribution in [2.45, 2.75) is 39.7 Å². The topological polar surface area (TPSA) is 43.8 Å². The van der Waals surface area contributed by atoms with E-state index in [1.807, 2.05) is 18.2 Å². The quantitative estimate of drug-likeness (QED) is 0.876. The summed E-state index contributed by atoms with van der Waals surface area (Å²) in [6.07, 6.45) is 2.76. The van der Waals surface area contributed by atoms with Gasteiger partial charge in [-0.1, -0.05) is 43.1 Å². The Morgan fingerprint density at radius 2 is 1.90 bits per heavy atom. The van der Waals surface area contributed by atoms with E-state index in [9.17, 15) is 0 Å². The van der Waals surface area contributed by atoms with Crippen molar-refractivity contribution >= 4 is 23.2 Å². The number of aromatic nitrogens is 2. The molecule has 1 heterocycles. The molecule has 0 aliphatic carbocycles. The third kappa shape index (κ3) is 3.60. The summed E-state index contributed by atoms with van der Waals surface area (Å²) < 4.78 is 2.07. The van der Waals surface area contributed by atoms with Crippen molar-refractivity contribution in [3.8, 4) is 0 Å². The molecule has 21 heavy (non-hydrogen) atoms. The SMILES string of the molecule is CCc1nn(Cc2ccc(Cl)c(Cl)c2)c(CC)c1CCN. The molecule has 0 aliphatic rings. The van der Waals surface area contributed by atoms with Gasteiger partial charge in [0.2, 0.25) is 0 Å². The Morgan fingerprint density at radius 3 is 2.48 bits per heavy atom. The second-order valence-electron chi connectivity index (χ2n) is 5.02. The normalized spacial score (nSPS) is 11.1. The molecular formula is C16H21Cl2N3. The van der Waals surface area contributed by atoms with Gasteiger partial charge in [-0.05, 0) is 49.1 Å². The van der Waals surface area contributed by atoms with Crippen LogP contribution in [0.4, 0.5) is 0 Å². The van der Waals surface area contributed by atoms with Crippen molar-refractivity contribution < 1.29 is 0 Å². The predicted octanol–water partition coefficient (Wildman–Crippen LogP) is 3.86. The molecular weight excluding hydrogens is 305 g/mol. The summed E-state index contributed by atoms with van der Waals surface area (Å²) in [4.78, 5) is 0. The van der Waals surface area contributed by atoms with Gasteiger partial charge < -0.3 is 5.73 Å². The van der Waals surface area contributed by atoms with E-state index in [2.05, 4.69) is 18.5 Å². The van der Waals surface area contributed by atoms with Crippen molar-refractivity contribution in [2.75, 3.05) is 6.54 Å². The number of halogens is 2. The van der Waals surface area contributed by atoms with E-state index in [0.717, 1.165) is 30.5 Å². The van der Waals surface area contributed by atoms with Crippen molar-refractivity contribution in [3.63, 3.8) is 0 Å². The minimum Gasteiger partial charge on any atom is -0.330 e. The molecule has 0 fully saturated rings. The highest BCUT2D eigenvalue weighted by molar-refractivity contribution is 6.42. The maximum absolute atomic E-state index is 6.09. The number of nitrogens with two attached hydrogens (primary N) is 1. The highest BCUT2D eigenvalue weighted by Crippen LogP contribution is 2.24. The Balaban J connectivity index is 2.36. The Bertz CT molecular complexity index is 620. The average molecular weight is 326 g/mol. The largest absolute Gasteiger partial charge is 0.330 e. The molecule has 2 rings (SSSR count). The number of benzene rings is 1. The van der Waals surface area contributed by atoms with E-state index in [-0.39, 0.29) is 0 Å². The molecule has 0 spiro atoms. The number of hydrogen-bond acceptors (Lipinski definition) is 2. The van der Waals surface area contributed by atoms with E-state index in [1.165, 1.54) is 11.3 Å². The monoisotopic (exact) mass is 325 g/mol. The molecule has 0 saturated heterocycles. The number of rotatable bonds is 6. The molecule has 0 amide bonds. The summed E-state index contributed by atoms with van der Waals surface area (Å²) in [6, 6.07) is 5.72. The van der Waals surface area contributed by atoms with Crippen molar-refractivity contribution in [3.05, 3.63) is 50.8 Å². The lowest BCUT2D eigenvalue weighted by molar-refractivity contribution is 0.639. The molecule has 0 aliphatic heterocycles. The number of hydrogen-bond donors (Lipinski definition) is 1. The molecule has 114 valence electrons. The van der Waals surface area contributed by atoms with Gasteiger partial charge in [0.1, 0.15) is 0 Å². The van der Waals surface area contributed by atoms with Gasteiger partial charge in [0, 0.05) is 5.69 Å². The van der Waals surface area contributed by atoms with Crippen LogP contribution in [0.15, 0.2) is 18.2 Å². The molecule has 1 aromatic carbocycles. The van der Waals surface area contributed by atoms with E-state index in [1.54, 1.807) is 0 Å². The van der Waals surface area contributed by atoms with Crippen LogP contribution in [0.2, 0.25) is 10.0 Å². The zero-order chi connectivity index (χ0) is 15.4. The second kappa shape index (κ2) is 7.30. The lowest BCUT2D eigenvalue weighted by atomic mass is 10.1. The molecule has 2 aromatic rings. The van der Waals surface area contributed by atoms with Crippen LogP contribution < -0.4 is 5.73 Å². The van der Waals surface area contributed by atoms with Crippen molar-refractivity contribution in [1.82, 2.24) is 9.78 Å². The van der Waals surface area contributed by atoms with Crippen LogP contribution in [-0.4, -0.2) is 16.3 Å². The van der Waals surface area contributed by atoms with Gasteiger partial charge in [0.25, 0.3) is 0 Å². The zero-order valence-electron chi connectivity index (χ0n) is 12.5. The van der Waals surface area contributed by atoms with Crippen molar-refractivity contribution in [1.29, 1.82) is 0 Å². The molecule has 0 atom stereocenters. The zero-order valence-corrected chi connectivity index (χ0v) is 14.0. The minimum absolute atomic E-state index is 0.578. The standard InChI is InChI=1S/C16H21Cl2N3/c1-3-15-12(7-8-19)16(4-2)21(20-15)10-11-5-6-13(17)14(18)9-11/h5-6,9H,3-4,7-8,10,19H2,1-2H3. The fourth-order valence-corrected chi connectivity index (χ4v) is 2.96. The molecule has 0 saturated carbocycles. The Kier molecular flexibility index (Phi) is 5.68. The molecule has 0 unspecified atom stereocenters. The molecule has 0 radical (unpaired) electrons. The van der Waals surface area contributed by atoms with Crippen LogP contribution in [-0.2, 0) is 25.8 Å². The van der Waals surface area contributed by atoms with Gasteiger partial charge in [-0.25, -0.2) is 0 Å². The lowest BCUT2D eigenvalue weighted by Crippen LogP contribution is -2.09. The highest BCUT2D eigenvalue weighted by atomic mass is 35.5. The summed E-state index contributed by atoms with van der Waals surface area (Å²) in [6.45, 7) is 5.64. The summed E-state index contributed by atoms with van der Waals surface area (Å²) in [5.74, 6) is 0. The Morgan fingerprint density at radius 1 is 1.14 bits per heavy atom. The van der Waals surface area contributed by atoms with E-state index >= 15 is 0 Å². The first-order chi connectivity index (χ1) is 10.1. The van der Waals surface area contributed by atoms with E-state index < -0.39 is 0 Å². The van der Waals surface area contributed by atoms with Crippen LogP contribution in [0.3, 0.4) is 0 Å². The van der Waals surface area contributed by atoms with E-state index in [4.69, 9.17) is 34.0 Å². The third-order valence-electron chi connectivity index (χ3n) is 3.63. The van der Waals surface area contributed by atoms with Crippen LogP contribution in [0.25, 0.3) is 0 Å². The Hall–Kier alpha value is -1.03. The van der Waals surface area contributed by atoms with E-state index in [0.29, 0.717) is 23.1 Å². The van der Waals surface area contributed by atoms with Crippen molar-refractivity contribution in [2.24, 2.45) is 5.73 Å². The van der Waals surface area contributed by atoms with Gasteiger partial charge in [0.15, 0.2) is 0 Å². The van der Waals surface area contributed by atoms with Gasteiger partial charge >= 0.3 is 0 Å². The van der Waals surface area contributed by atoms with Crippen LogP contribution in [0.5, 0.6) is 0 Å². The molecule has 2 N–H and O–H groups in total. The van der Waals surface area contributed by atoms with Crippen LogP contribution in [0.1, 0.15) is 36.4 Å². The highest BCUT2D eigenvalue weighted by Gasteiger charge is 2.15. The summed E-state index contributed by atoms with van der Waals surface area (Å²) in [5, 5.41) is 5.91. The first-order valence-corrected chi connectivity index (χ1v) is 8.07. The molecule has 0 bridgehead atoms. The molecule has 3 nitrogen and oxygen atoms in total. The minimum atomic E-state index is 0.578. The molecule has 1 aromatic heterocycles. The van der Waals surface area contributed by atoms with Crippen LogP contribution >= 0.6 is 23.2 Å². The lowest BCUT2D eigenvalue weighted by Gasteiger charge is -2.08. The number of nitrogens with zero attached hydrogens (tertiary/aromatic N) is 2. The number of aryl methyl sites for hydroxylation is 1. The van der Waals surface area contributed by atoms with Gasteiger partial charge in [-0.3, -0.25) is 4.68 Å². The predicted molar refractivity (Wildman–Crippen MR) is 89.3 cm³/mol. The van der Waals surface area contributed by atoms with Crippen LogP contribution in [0, 0.1) is 0 Å². The summed E-state index contributed by atoms with van der Waals surface area (Å²) in [7, 11) is 0. The van der Waals surface area contributed by atoms with Gasteiger partial charge in [-0.2, -0.15) is 5.10 Å². The average Bonchev–Trinajstić information content (AvgIpc) is 2.80. The smallest absolute Gasteiger partial charge is 0.0663 e. The first kappa shape index (κ1) is 16.3. The maximum atomic E-state index is 6.09. The first-order valence-electron chi connectivity index (χ1n) is 7.32.